The van der Waals surface area contributed by atoms with Crippen molar-refractivity contribution >= 4 is 15.9 Å². The fraction of sp³-hybridized carbons (Fsp3) is 0.647. The van der Waals surface area contributed by atoms with Crippen LogP contribution in [0.15, 0.2) is 28.7 Å². The highest BCUT2D eigenvalue weighted by Crippen LogP contribution is 2.33. The van der Waals surface area contributed by atoms with Gasteiger partial charge in [-0.2, -0.15) is 0 Å². The summed E-state index contributed by atoms with van der Waals surface area (Å²) in [6, 6.07) is 7.84. The van der Waals surface area contributed by atoms with Crippen LogP contribution in [0.5, 0.6) is 5.75 Å². The molecule has 0 unspecified atom stereocenters. The SMILES string of the molecule is CCC1CCC(O)(CNCCOc2ccc(Br)cc2)CC1. The molecule has 0 amide bonds. The van der Waals surface area contributed by atoms with Crippen LogP contribution < -0.4 is 10.1 Å². The minimum absolute atomic E-state index is 0.511. The zero-order chi connectivity index (χ0) is 15.1. The molecule has 1 fully saturated rings. The summed E-state index contributed by atoms with van der Waals surface area (Å²) in [5.41, 5.74) is -0.511. The molecule has 1 saturated carbocycles. The Balaban J connectivity index is 1.60. The summed E-state index contributed by atoms with van der Waals surface area (Å²) in [5, 5.41) is 13.8. The maximum atomic E-state index is 10.5. The van der Waals surface area contributed by atoms with Gasteiger partial charge in [-0.05, 0) is 55.9 Å². The second-order valence-corrected chi connectivity index (χ2v) is 6.97. The van der Waals surface area contributed by atoms with E-state index in [9.17, 15) is 5.11 Å². The van der Waals surface area contributed by atoms with Gasteiger partial charge in [-0.1, -0.05) is 29.3 Å². The van der Waals surface area contributed by atoms with Crippen LogP contribution in [0.2, 0.25) is 0 Å². The number of hydrogen-bond acceptors (Lipinski definition) is 3. The number of rotatable bonds is 7. The van der Waals surface area contributed by atoms with Gasteiger partial charge in [-0.15, -0.1) is 0 Å². The molecular formula is C17H26BrNO2. The van der Waals surface area contributed by atoms with Crippen LogP contribution in [0.3, 0.4) is 0 Å². The zero-order valence-electron chi connectivity index (χ0n) is 12.8. The van der Waals surface area contributed by atoms with Crippen molar-refractivity contribution in [1.82, 2.24) is 5.32 Å². The molecule has 1 aliphatic carbocycles. The van der Waals surface area contributed by atoms with Gasteiger partial charge in [0.15, 0.2) is 0 Å². The lowest BCUT2D eigenvalue weighted by Crippen LogP contribution is -2.44. The van der Waals surface area contributed by atoms with Crippen LogP contribution in [0, 0.1) is 5.92 Å². The first-order chi connectivity index (χ1) is 10.1. The summed E-state index contributed by atoms with van der Waals surface area (Å²) < 4.78 is 6.71. The van der Waals surface area contributed by atoms with Gasteiger partial charge in [0.1, 0.15) is 12.4 Å². The van der Waals surface area contributed by atoms with Crippen molar-refractivity contribution in [2.45, 2.75) is 44.6 Å². The third-order valence-electron chi connectivity index (χ3n) is 4.43. The van der Waals surface area contributed by atoms with Crippen molar-refractivity contribution in [3.8, 4) is 5.75 Å². The molecule has 118 valence electrons. The Morgan fingerprint density at radius 3 is 2.57 bits per heavy atom. The van der Waals surface area contributed by atoms with Crippen LogP contribution in [0.1, 0.15) is 39.0 Å². The molecule has 0 aliphatic heterocycles. The predicted octanol–water partition coefficient (Wildman–Crippen LogP) is 3.75. The van der Waals surface area contributed by atoms with E-state index >= 15 is 0 Å². The molecule has 21 heavy (non-hydrogen) atoms. The van der Waals surface area contributed by atoms with E-state index in [1.165, 1.54) is 6.42 Å². The van der Waals surface area contributed by atoms with Gasteiger partial charge in [0.25, 0.3) is 0 Å². The lowest BCUT2D eigenvalue weighted by atomic mass is 9.78. The number of ether oxygens (including phenoxy) is 1. The monoisotopic (exact) mass is 355 g/mol. The zero-order valence-corrected chi connectivity index (χ0v) is 14.4. The van der Waals surface area contributed by atoms with Crippen LogP contribution in [-0.4, -0.2) is 30.4 Å². The Morgan fingerprint density at radius 2 is 1.95 bits per heavy atom. The van der Waals surface area contributed by atoms with Gasteiger partial charge in [0.05, 0.1) is 5.60 Å². The first-order valence-corrected chi connectivity index (χ1v) is 8.72. The average molecular weight is 356 g/mol. The maximum absolute atomic E-state index is 10.5. The van der Waals surface area contributed by atoms with E-state index in [2.05, 4.69) is 28.2 Å². The summed E-state index contributed by atoms with van der Waals surface area (Å²) in [6.45, 7) is 4.30. The molecule has 4 heteroatoms. The molecule has 0 bridgehead atoms. The van der Waals surface area contributed by atoms with E-state index < -0.39 is 5.60 Å². The second kappa shape index (κ2) is 8.16. The molecule has 0 saturated heterocycles. The molecule has 1 aromatic carbocycles. The number of benzene rings is 1. The number of nitrogens with one attached hydrogen (secondary N) is 1. The number of aliphatic hydroxyl groups is 1. The largest absolute Gasteiger partial charge is 0.492 e. The van der Waals surface area contributed by atoms with Crippen molar-refractivity contribution in [2.75, 3.05) is 19.7 Å². The number of hydrogen-bond donors (Lipinski definition) is 2. The molecule has 1 aromatic rings. The molecule has 0 heterocycles. The summed E-state index contributed by atoms with van der Waals surface area (Å²) in [7, 11) is 0. The quantitative estimate of drug-likeness (QED) is 0.731. The Hall–Kier alpha value is -0.580. The van der Waals surface area contributed by atoms with Crippen LogP contribution in [0.4, 0.5) is 0 Å². The van der Waals surface area contributed by atoms with Crippen molar-refractivity contribution in [2.24, 2.45) is 5.92 Å². The van der Waals surface area contributed by atoms with Gasteiger partial charge in [-0.25, -0.2) is 0 Å². The maximum Gasteiger partial charge on any atom is 0.119 e. The highest BCUT2D eigenvalue weighted by Gasteiger charge is 2.31. The van der Waals surface area contributed by atoms with E-state index in [-0.39, 0.29) is 0 Å². The van der Waals surface area contributed by atoms with Crippen LogP contribution >= 0.6 is 15.9 Å². The summed E-state index contributed by atoms with van der Waals surface area (Å²) in [6.07, 6.45) is 5.40. The fourth-order valence-electron chi connectivity index (χ4n) is 2.89. The first-order valence-electron chi connectivity index (χ1n) is 7.93. The molecule has 1 aliphatic rings. The van der Waals surface area contributed by atoms with Crippen LogP contribution in [-0.2, 0) is 0 Å². The highest BCUT2D eigenvalue weighted by molar-refractivity contribution is 9.10. The van der Waals surface area contributed by atoms with Crippen molar-refractivity contribution in [3.63, 3.8) is 0 Å². The van der Waals surface area contributed by atoms with Gasteiger partial charge in [0.2, 0.25) is 0 Å². The van der Waals surface area contributed by atoms with E-state index in [0.717, 1.165) is 48.4 Å². The minimum atomic E-state index is -0.511. The van der Waals surface area contributed by atoms with Crippen molar-refractivity contribution < 1.29 is 9.84 Å². The summed E-state index contributed by atoms with van der Waals surface area (Å²) in [5.74, 6) is 1.69. The van der Waals surface area contributed by atoms with Crippen molar-refractivity contribution in [3.05, 3.63) is 28.7 Å². The van der Waals surface area contributed by atoms with Crippen molar-refractivity contribution in [1.29, 1.82) is 0 Å². The third kappa shape index (κ3) is 5.61. The second-order valence-electron chi connectivity index (χ2n) is 6.06. The Morgan fingerprint density at radius 1 is 1.29 bits per heavy atom. The molecule has 0 radical (unpaired) electrons. The summed E-state index contributed by atoms with van der Waals surface area (Å²) >= 11 is 3.40. The first kappa shape index (κ1) is 16.8. The lowest BCUT2D eigenvalue weighted by Gasteiger charge is -2.36. The molecule has 3 nitrogen and oxygen atoms in total. The molecule has 0 atom stereocenters. The Labute approximate surface area is 136 Å². The normalized spacial score (nSPS) is 25.8. The van der Waals surface area contributed by atoms with E-state index in [1.54, 1.807) is 0 Å². The molecule has 0 spiro atoms. The standard InChI is InChI=1S/C17H26BrNO2/c1-2-14-7-9-17(20,10-8-14)13-19-11-12-21-16-5-3-15(18)4-6-16/h3-6,14,19-20H,2,7-13H2,1H3. The third-order valence-corrected chi connectivity index (χ3v) is 4.96. The Kier molecular flexibility index (Phi) is 6.52. The van der Waals surface area contributed by atoms with Gasteiger partial charge >= 0.3 is 0 Å². The van der Waals surface area contributed by atoms with Gasteiger partial charge in [0, 0.05) is 17.6 Å². The highest BCUT2D eigenvalue weighted by atomic mass is 79.9. The van der Waals surface area contributed by atoms with E-state index in [4.69, 9.17) is 4.74 Å². The van der Waals surface area contributed by atoms with Gasteiger partial charge < -0.3 is 15.2 Å². The average Bonchev–Trinajstić information content (AvgIpc) is 2.50. The fourth-order valence-corrected chi connectivity index (χ4v) is 3.16. The van der Waals surface area contributed by atoms with E-state index in [0.29, 0.717) is 13.2 Å². The predicted molar refractivity (Wildman–Crippen MR) is 89.7 cm³/mol. The molecule has 2 N–H and O–H groups in total. The summed E-state index contributed by atoms with van der Waals surface area (Å²) in [4.78, 5) is 0. The molecular weight excluding hydrogens is 330 g/mol. The smallest absolute Gasteiger partial charge is 0.119 e. The molecule has 0 aromatic heterocycles. The lowest BCUT2D eigenvalue weighted by molar-refractivity contribution is -0.00886. The Bertz CT molecular complexity index is 413. The number of halogens is 1. The topological polar surface area (TPSA) is 41.5 Å². The molecule has 2 rings (SSSR count). The minimum Gasteiger partial charge on any atom is -0.492 e. The van der Waals surface area contributed by atoms with Crippen LogP contribution in [0.25, 0.3) is 0 Å². The van der Waals surface area contributed by atoms with Gasteiger partial charge in [-0.3, -0.25) is 0 Å². The van der Waals surface area contributed by atoms with E-state index in [1.807, 2.05) is 24.3 Å².